The van der Waals surface area contributed by atoms with Gasteiger partial charge in [0, 0.05) is 6.42 Å². The van der Waals surface area contributed by atoms with E-state index in [1.54, 1.807) is 6.92 Å². The Labute approximate surface area is 138 Å². The summed E-state index contributed by atoms with van der Waals surface area (Å²) in [5, 5.41) is 5.28. The Hall–Kier alpha value is -2.16. The van der Waals surface area contributed by atoms with Crippen molar-refractivity contribution in [1.29, 1.82) is 0 Å². The number of carbonyl (C=O) groups is 2. The lowest BCUT2D eigenvalue weighted by molar-refractivity contribution is -0.127. The predicted octanol–water partition coefficient (Wildman–Crippen LogP) is 3.89. The number of carbonyl (C=O) groups excluding carboxylic acids is 2. The standard InChI is InChI=1S/C20H25NO2/c1-4-14(2)20(15(3)22)21-19(23)12-10-16-9-11-17-7-5-6-8-18(17)13-16/h5-9,11,13-14,20H,4,10,12H2,1-3H3,(H,21,23)/t14-,20-/m0/s1. The minimum atomic E-state index is -0.371. The van der Waals surface area contributed by atoms with Gasteiger partial charge in [-0.15, -0.1) is 0 Å². The van der Waals surface area contributed by atoms with Crippen LogP contribution in [0.15, 0.2) is 42.5 Å². The highest BCUT2D eigenvalue weighted by atomic mass is 16.2. The molecule has 0 radical (unpaired) electrons. The molecule has 0 aromatic heterocycles. The van der Waals surface area contributed by atoms with Crippen LogP contribution in [0.2, 0.25) is 0 Å². The molecule has 1 N–H and O–H groups in total. The second-order valence-electron chi connectivity index (χ2n) is 6.22. The summed E-state index contributed by atoms with van der Waals surface area (Å²) in [5.74, 6) is 0.134. The number of hydrogen-bond donors (Lipinski definition) is 1. The number of hydrogen-bond acceptors (Lipinski definition) is 2. The molecule has 23 heavy (non-hydrogen) atoms. The van der Waals surface area contributed by atoms with Crippen molar-refractivity contribution in [3.8, 4) is 0 Å². The third kappa shape index (κ3) is 4.65. The zero-order valence-corrected chi connectivity index (χ0v) is 14.1. The van der Waals surface area contributed by atoms with E-state index in [4.69, 9.17) is 0 Å². The summed E-state index contributed by atoms with van der Waals surface area (Å²) < 4.78 is 0. The summed E-state index contributed by atoms with van der Waals surface area (Å²) >= 11 is 0. The highest BCUT2D eigenvalue weighted by Crippen LogP contribution is 2.17. The van der Waals surface area contributed by atoms with Crippen LogP contribution >= 0.6 is 0 Å². The third-order valence-electron chi connectivity index (χ3n) is 4.42. The first kappa shape index (κ1) is 17.2. The Bertz CT molecular complexity index is 693. The molecule has 0 aliphatic rings. The number of amides is 1. The van der Waals surface area contributed by atoms with Crippen molar-refractivity contribution in [2.75, 3.05) is 0 Å². The van der Waals surface area contributed by atoms with Crippen LogP contribution < -0.4 is 5.32 Å². The number of benzene rings is 2. The molecule has 0 aliphatic heterocycles. The van der Waals surface area contributed by atoms with E-state index in [2.05, 4.69) is 35.6 Å². The highest BCUT2D eigenvalue weighted by Gasteiger charge is 2.22. The molecular formula is C20H25NO2. The van der Waals surface area contributed by atoms with Crippen molar-refractivity contribution in [1.82, 2.24) is 5.32 Å². The maximum absolute atomic E-state index is 12.2. The van der Waals surface area contributed by atoms with E-state index in [1.165, 1.54) is 10.8 Å². The first-order valence-corrected chi connectivity index (χ1v) is 8.28. The fourth-order valence-electron chi connectivity index (χ4n) is 2.78. The molecule has 0 saturated carbocycles. The first-order valence-electron chi connectivity index (χ1n) is 8.28. The maximum atomic E-state index is 12.2. The fraction of sp³-hybridized carbons (Fsp3) is 0.400. The minimum absolute atomic E-state index is 0.0263. The second-order valence-corrected chi connectivity index (χ2v) is 6.22. The molecule has 0 bridgehead atoms. The summed E-state index contributed by atoms with van der Waals surface area (Å²) in [7, 11) is 0. The fourth-order valence-corrected chi connectivity index (χ4v) is 2.78. The molecule has 2 aromatic carbocycles. The van der Waals surface area contributed by atoms with E-state index in [0.29, 0.717) is 12.8 Å². The van der Waals surface area contributed by atoms with Crippen molar-refractivity contribution in [3.05, 3.63) is 48.0 Å². The monoisotopic (exact) mass is 311 g/mol. The van der Waals surface area contributed by atoms with Crippen LogP contribution in [0, 0.1) is 5.92 Å². The Morgan fingerprint density at radius 1 is 1.09 bits per heavy atom. The summed E-state index contributed by atoms with van der Waals surface area (Å²) in [6, 6.07) is 14.1. The third-order valence-corrected chi connectivity index (χ3v) is 4.42. The lowest BCUT2D eigenvalue weighted by Gasteiger charge is -2.21. The van der Waals surface area contributed by atoms with Crippen LogP contribution in [-0.4, -0.2) is 17.7 Å². The van der Waals surface area contributed by atoms with Crippen LogP contribution in [-0.2, 0) is 16.0 Å². The van der Waals surface area contributed by atoms with Gasteiger partial charge in [0.1, 0.15) is 0 Å². The van der Waals surface area contributed by atoms with Crippen molar-refractivity contribution in [2.24, 2.45) is 5.92 Å². The molecule has 2 atom stereocenters. The molecule has 1 amide bonds. The Morgan fingerprint density at radius 2 is 1.78 bits per heavy atom. The SMILES string of the molecule is CC[C@H](C)[C@H](NC(=O)CCc1ccc2ccccc2c1)C(C)=O. The average Bonchev–Trinajstić information content (AvgIpc) is 2.56. The van der Waals surface area contributed by atoms with Crippen LogP contribution in [0.3, 0.4) is 0 Å². The van der Waals surface area contributed by atoms with Crippen molar-refractivity contribution in [3.63, 3.8) is 0 Å². The van der Waals surface area contributed by atoms with Gasteiger partial charge in [-0.25, -0.2) is 0 Å². The molecule has 0 spiro atoms. The van der Waals surface area contributed by atoms with Crippen molar-refractivity contribution < 1.29 is 9.59 Å². The number of fused-ring (bicyclic) bond motifs is 1. The largest absolute Gasteiger partial charge is 0.346 e. The predicted molar refractivity (Wildman–Crippen MR) is 94.3 cm³/mol. The summed E-state index contributed by atoms with van der Waals surface area (Å²) in [6.07, 6.45) is 1.95. The van der Waals surface area contributed by atoms with Crippen molar-refractivity contribution >= 4 is 22.5 Å². The van der Waals surface area contributed by atoms with Crippen LogP contribution in [0.5, 0.6) is 0 Å². The molecule has 122 valence electrons. The summed E-state index contributed by atoms with van der Waals surface area (Å²) in [5.41, 5.74) is 1.14. The number of rotatable bonds is 7. The van der Waals surface area contributed by atoms with E-state index < -0.39 is 0 Å². The smallest absolute Gasteiger partial charge is 0.220 e. The number of aryl methyl sites for hydroxylation is 1. The Balaban J connectivity index is 1.95. The summed E-state index contributed by atoms with van der Waals surface area (Å²) in [4.78, 5) is 23.8. The van der Waals surface area contributed by atoms with Gasteiger partial charge >= 0.3 is 0 Å². The van der Waals surface area contributed by atoms with Gasteiger partial charge in [0.2, 0.25) is 5.91 Å². The van der Waals surface area contributed by atoms with E-state index in [0.717, 1.165) is 12.0 Å². The second kappa shape index (κ2) is 7.91. The maximum Gasteiger partial charge on any atom is 0.220 e. The number of nitrogens with one attached hydrogen (secondary N) is 1. The highest BCUT2D eigenvalue weighted by molar-refractivity contribution is 5.88. The molecular weight excluding hydrogens is 286 g/mol. The Kier molecular flexibility index (Phi) is 5.91. The molecule has 2 aromatic rings. The number of ketones is 1. The van der Waals surface area contributed by atoms with E-state index in [9.17, 15) is 9.59 Å². The normalized spacial score (nSPS) is 13.5. The van der Waals surface area contributed by atoms with Crippen LogP contribution in [0.1, 0.15) is 39.2 Å². The van der Waals surface area contributed by atoms with Crippen molar-refractivity contribution in [2.45, 2.75) is 46.1 Å². The summed E-state index contributed by atoms with van der Waals surface area (Å²) in [6.45, 7) is 5.57. The van der Waals surface area contributed by atoms with E-state index in [1.807, 2.05) is 26.0 Å². The molecule has 3 nitrogen and oxygen atoms in total. The molecule has 3 heteroatoms. The molecule has 0 heterocycles. The van der Waals surface area contributed by atoms with Gasteiger partial charge in [-0.05, 0) is 35.6 Å². The van der Waals surface area contributed by atoms with Gasteiger partial charge in [-0.3, -0.25) is 9.59 Å². The van der Waals surface area contributed by atoms with E-state index in [-0.39, 0.29) is 23.7 Å². The Morgan fingerprint density at radius 3 is 2.43 bits per heavy atom. The van der Waals surface area contributed by atoms with Crippen LogP contribution in [0.4, 0.5) is 0 Å². The quantitative estimate of drug-likeness (QED) is 0.843. The molecule has 0 saturated heterocycles. The van der Waals surface area contributed by atoms with Gasteiger partial charge in [0.05, 0.1) is 6.04 Å². The lowest BCUT2D eigenvalue weighted by atomic mass is 9.95. The van der Waals surface area contributed by atoms with Crippen LogP contribution in [0.25, 0.3) is 10.8 Å². The van der Waals surface area contributed by atoms with E-state index >= 15 is 0 Å². The molecule has 0 fully saturated rings. The van der Waals surface area contributed by atoms with Gasteiger partial charge in [-0.2, -0.15) is 0 Å². The van der Waals surface area contributed by atoms with Gasteiger partial charge in [-0.1, -0.05) is 62.7 Å². The first-order chi connectivity index (χ1) is 11.0. The lowest BCUT2D eigenvalue weighted by Crippen LogP contribution is -2.44. The van der Waals surface area contributed by atoms with Gasteiger partial charge in [0.25, 0.3) is 0 Å². The van der Waals surface area contributed by atoms with Gasteiger partial charge in [0.15, 0.2) is 5.78 Å². The average molecular weight is 311 g/mol. The molecule has 0 aliphatic carbocycles. The number of Topliss-reactive ketones (excluding diaryl/α,β-unsaturated/α-hetero) is 1. The topological polar surface area (TPSA) is 46.2 Å². The zero-order valence-electron chi connectivity index (χ0n) is 14.1. The minimum Gasteiger partial charge on any atom is -0.346 e. The van der Waals surface area contributed by atoms with Gasteiger partial charge < -0.3 is 5.32 Å². The molecule has 2 rings (SSSR count). The molecule has 0 unspecified atom stereocenters. The zero-order chi connectivity index (χ0) is 16.8.